The summed E-state index contributed by atoms with van der Waals surface area (Å²) in [5.74, 6) is 0. The summed E-state index contributed by atoms with van der Waals surface area (Å²) in [5.41, 5.74) is 0.832. The molecule has 3 rings (SSSR count). The summed E-state index contributed by atoms with van der Waals surface area (Å²) in [6.07, 6.45) is 1.64. The van der Waals surface area contributed by atoms with Crippen LogP contribution in [0.5, 0.6) is 0 Å². The Labute approximate surface area is 159 Å². The monoisotopic (exact) mass is 410 g/mol. The van der Waals surface area contributed by atoms with Crippen LogP contribution in [0.25, 0.3) is 0 Å². The second kappa shape index (κ2) is 8.49. The lowest BCUT2D eigenvalue weighted by Gasteiger charge is -2.12. The average Bonchev–Trinajstić information content (AvgIpc) is 3.20. The van der Waals surface area contributed by atoms with Gasteiger partial charge in [-0.25, -0.2) is 26.3 Å². The predicted molar refractivity (Wildman–Crippen MR) is 101 cm³/mol. The highest BCUT2D eigenvalue weighted by Crippen LogP contribution is 2.16. The Bertz CT molecular complexity index is 953. The smallest absolute Gasteiger partial charge is 0.240 e. The summed E-state index contributed by atoms with van der Waals surface area (Å²) < 4.78 is 59.8. The predicted octanol–water partition coefficient (Wildman–Crippen LogP) is 1.62. The van der Waals surface area contributed by atoms with Crippen LogP contribution in [0.3, 0.4) is 0 Å². The quantitative estimate of drug-likeness (QED) is 0.689. The van der Waals surface area contributed by atoms with Crippen molar-refractivity contribution in [1.82, 2.24) is 9.44 Å². The molecule has 1 atom stereocenters. The molecule has 0 spiro atoms. The Kier molecular flexibility index (Phi) is 6.28. The Balaban J connectivity index is 1.64. The van der Waals surface area contributed by atoms with Crippen molar-refractivity contribution >= 4 is 20.0 Å². The maximum Gasteiger partial charge on any atom is 0.240 e. The van der Waals surface area contributed by atoms with Crippen LogP contribution in [-0.4, -0.2) is 36.1 Å². The highest BCUT2D eigenvalue weighted by atomic mass is 32.2. The van der Waals surface area contributed by atoms with Crippen LogP contribution in [0.2, 0.25) is 0 Å². The third kappa shape index (κ3) is 5.36. The topological polar surface area (TPSA) is 102 Å². The summed E-state index contributed by atoms with van der Waals surface area (Å²) in [4.78, 5) is 0.0269. The van der Waals surface area contributed by atoms with Crippen molar-refractivity contribution in [3.8, 4) is 0 Å². The average molecular weight is 411 g/mol. The number of sulfonamides is 2. The molecule has 0 radical (unpaired) electrons. The first-order valence-electron chi connectivity index (χ1n) is 8.62. The van der Waals surface area contributed by atoms with Crippen LogP contribution >= 0.6 is 0 Å². The van der Waals surface area contributed by atoms with Crippen LogP contribution in [0.15, 0.2) is 64.4 Å². The second-order valence-corrected chi connectivity index (χ2v) is 9.80. The third-order valence-corrected chi connectivity index (χ3v) is 7.14. The molecule has 7 nitrogen and oxygen atoms in total. The summed E-state index contributed by atoms with van der Waals surface area (Å²) in [7, 11) is -7.44. The molecule has 9 heteroatoms. The summed E-state index contributed by atoms with van der Waals surface area (Å²) in [6.45, 7) is 1.02. The van der Waals surface area contributed by atoms with Gasteiger partial charge in [0.1, 0.15) is 0 Å². The zero-order chi connectivity index (χ0) is 19.3. The van der Waals surface area contributed by atoms with E-state index in [1.54, 1.807) is 0 Å². The summed E-state index contributed by atoms with van der Waals surface area (Å²) >= 11 is 0. The molecule has 1 aliphatic heterocycles. The number of benzene rings is 2. The van der Waals surface area contributed by atoms with Crippen LogP contribution in [0.4, 0.5) is 0 Å². The van der Waals surface area contributed by atoms with Crippen molar-refractivity contribution in [2.45, 2.75) is 35.3 Å². The lowest BCUT2D eigenvalue weighted by atomic mass is 10.2. The fourth-order valence-electron chi connectivity index (χ4n) is 2.75. The third-order valence-electron chi connectivity index (χ3n) is 4.28. The number of ether oxygens (including phenoxy) is 1. The number of hydrogen-bond donors (Lipinski definition) is 2. The minimum Gasteiger partial charge on any atom is -0.377 e. The summed E-state index contributed by atoms with van der Waals surface area (Å²) in [5, 5.41) is 0. The largest absolute Gasteiger partial charge is 0.377 e. The molecule has 2 aromatic rings. The van der Waals surface area contributed by atoms with Gasteiger partial charge in [0.2, 0.25) is 20.0 Å². The van der Waals surface area contributed by atoms with Gasteiger partial charge in [0.05, 0.1) is 15.9 Å². The minimum absolute atomic E-state index is 0.0107. The lowest BCUT2D eigenvalue weighted by Crippen LogP contribution is -2.31. The van der Waals surface area contributed by atoms with E-state index >= 15 is 0 Å². The van der Waals surface area contributed by atoms with Gasteiger partial charge in [0, 0.05) is 19.7 Å². The van der Waals surface area contributed by atoms with E-state index in [9.17, 15) is 16.8 Å². The molecular formula is C18H22N2O5S2. The highest BCUT2D eigenvalue weighted by molar-refractivity contribution is 7.90. The molecule has 0 amide bonds. The molecular weight excluding hydrogens is 388 g/mol. The Morgan fingerprint density at radius 1 is 0.852 bits per heavy atom. The lowest BCUT2D eigenvalue weighted by molar-refractivity contribution is 0.114. The fraction of sp³-hybridized carbons (Fsp3) is 0.333. The standard InChI is InChI=1S/C18H22N2O5S2/c21-26(22,19-13-15-5-2-1-3-6-15)17-8-10-18(11-9-17)27(23,24)20-14-16-7-4-12-25-16/h1-3,5-6,8-11,16,19-20H,4,7,12-14H2/t16-/m1/s1. The van der Waals surface area contributed by atoms with Crippen LogP contribution in [0.1, 0.15) is 18.4 Å². The molecule has 0 aliphatic carbocycles. The number of nitrogens with one attached hydrogen (secondary N) is 2. The molecule has 0 unspecified atom stereocenters. The maximum atomic E-state index is 12.4. The van der Waals surface area contributed by atoms with Crippen molar-refractivity contribution in [1.29, 1.82) is 0 Å². The van der Waals surface area contributed by atoms with Crippen LogP contribution in [-0.2, 0) is 31.3 Å². The summed E-state index contributed by atoms with van der Waals surface area (Å²) in [6, 6.07) is 14.3. The van der Waals surface area contributed by atoms with E-state index in [4.69, 9.17) is 4.74 Å². The molecule has 0 bridgehead atoms. The van der Waals surface area contributed by atoms with E-state index in [1.807, 2.05) is 30.3 Å². The van der Waals surface area contributed by atoms with Gasteiger partial charge in [-0.05, 0) is 42.7 Å². The maximum absolute atomic E-state index is 12.4. The van der Waals surface area contributed by atoms with Gasteiger partial charge in [0.25, 0.3) is 0 Å². The molecule has 146 valence electrons. The van der Waals surface area contributed by atoms with E-state index in [0.29, 0.717) is 6.61 Å². The zero-order valence-electron chi connectivity index (χ0n) is 14.7. The van der Waals surface area contributed by atoms with Crippen molar-refractivity contribution in [2.75, 3.05) is 13.2 Å². The molecule has 1 aliphatic rings. The van der Waals surface area contributed by atoms with Crippen LogP contribution < -0.4 is 9.44 Å². The SMILES string of the molecule is O=S(=O)(NCc1ccccc1)c1ccc(S(=O)(=O)NC[C@H]2CCCO2)cc1. The molecule has 0 aromatic heterocycles. The van der Waals surface area contributed by atoms with E-state index in [0.717, 1.165) is 18.4 Å². The van der Waals surface area contributed by atoms with Gasteiger partial charge in [-0.3, -0.25) is 0 Å². The van der Waals surface area contributed by atoms with Crippen molar-refractivity contribution < 1.29 is 21.6 Å². The van der Waals surface area contributed by atoms with Crippen molar-refractivity contribution in [3.63, 3.8) is 0 Å². The van der Waals surface area contributed by atoms with Gasteiger partial charge in [-0.15, -0.1) is 0 Å². The molecule has 0 saturated carbocycles. The van der Waals surface area contributed by atoms with Gasteiger partial charge in [0.15, 0.2) is 0 Å². The first kappa shape index (κ1) is 20.0. The molecule has 2 N–H and O–H groups in total. The highest BCUT2D eigenvalue weighted by Gasteiger charge is 2.21. The van der Waals surface area contributed by atoms with Crippen molar-refractivity contribution in [2.24, 2.45) is 0 Å². The van der Waals surface area contributed by atoms with Gasteiger partial charge in [-0.2, -0.15) is 0 Å². The first-order valence-corrected chi connectivity index (χ1v) is 11.6. The van der Waals surface area contributed by atoms with Crippen LogP contribution in [0, 0.1) is 0 Å². The normalized spacial score (nSPS) is 17.9. The van der Waals surface area contributed by atoms with E-state index in [2.05, 4.69) is 9.44 Å². The van der Waals surface area contributed by atoms with Crippen molar-refractivity contribution in [3.05, 3.63) is 60.2 Å². The fourth-order valence-corrected chi connectivity index (χ4v) is 4.83. The van der Waals surface area contributed by atoms with E-state index in [-0.39, 0.29) is 29.0 Å². The molecule has 1 saturated heterocycles. The van der Waals surface area contributed by atoms with Gasteiger partial charge >= 0.3 is 0 Å². The first-order chi connectivity index (χ1) is 12.9. The Morgan fingerprint density at radius 2 is 1.44 bits per heavy atom. The Morgan fingerprint density at radius 3 is 2.00 bits per heavy atom. The molecule has 1 heterocycles. The zero-order valence-corrected chi connectivity index (χ0v) is 16.3. The van der Waals surface area contributed by atoms with Gasteiger partial charge < -0.3 is 4.74 Å². The molecule has 2 aromatic carbocycles. The van der Waals surface area contributed by atoms with E-state index < -0.39 is 20.0 Å². The molecule has 27 heavy (non-hydrogen) atoms. The minimum atomic E-state index is -3.73. The second-order valence-electron chi connectivity index (χ2n) is 6.27. The van der Waals surface area contributed by atoms with Gasteiger partial charge in [-0.1, -0.05) is 30.3 Å². The number of hydrogen-bond acceptors (Lipinski definition) is 5. The van der Waals surface area contributed by atoms with E-state index in [1.165, 1.54) is 24.3 Å². The molecule has 1 fully saturated rings. The number of rotatable bonds is 8. The Hall–Kier alpha value is -1.78.